The number of hydrogen-bond donors (Lipinski definition) is 4. The van der Waals surface area contributed by atoms with Gasteiger partial charge in [-0.25, -0.2) is 0 Å². The molecule has 4 amide bonds. The van der Waals surface area contributed by atoms with Crippen LogP contribution in [0.2, 0.25) is 10.0 Å². The maximum atomic E-state index is 15.5. The van der Waals surface area contributed by atoms with Gasteiger partial charge in [-0.2, -0.15) is 5.01 Å². The summed E-state index contributed by atoms with van der Waals surface area (Å²) in [5, 5.41) is 33.1. The van der Waals surface area contributed by atoms with E-state index in [1.165, 1.54) is 38.5 Å². The lowest BCUT2D eigenvalue weighted by Gasteiger charge is -2.50. The summed E-state index contributed by atoms with van der Waals surface area (Å²) >= 11 is 16.3. The molecule has 286 valence electrons. The maximum absolute atomic E-state index is 15.5. The van der Waals surface area contributed by atoms with Crippen molar-refractivity contribution in [3.05, 3.63) is 116 Å². The number of rotatable bonds is 8. The van der Waals surface area contributed by atoms with Crippen molar-refractivity contribution in [2.24, 2.45) is 23.7 Å². The van der Waals surface area contributed by atoms with E-state index >= 15 is 9.59 Å². The second kappa shape index (κ2) is 14.3. The van der Waals surface area contributed by atoms with Crippen LogP contribution in [0.5, 0.6) is 17.2 Å². The molecule has 1 saturated carbocycles. The highest BCUT2D eigenvalue weighted by atomic mass is 79.9. The predicted octanol–water partition coefficient (Wildman–Crippen LogP) is 5.35. The fraction of sp³-hybridized carbons (Fsp3) is 0.250. The number of nitrogens with zero attached hydrogens (tertiary/aromatic N) is 2. The van der Waals surface area contributed by atoms with Crippen molar-refractivity contribution in [1.29, 1.82) is 0 Å². The molecule has 8 rings (SSSR count). The monoisotopic (exact) mass is 859 g/mol. The van der Waals surface area contributed by atoms with Crippen LogP contribution in [0.15, 0.2) is 95.0 Å². The average molecular weight is 861 g/mol. The van der Waals surface area contributed by atoms with Crippen LogP contribution in [0.3, 0.4) is 0 Å². The van der Waals surface area contributed by atoms with E-state index in [0.717, 1.165) is 9.91 Å². The molecule has 3 fully saturated rings. The lowest BCUT2D eigenvalue weighted by molar-refractivity contribution is -0.138. The van der Waals surface area contributed by atoms with Crippen molar-refractivity contribution in [2.45, 2.75) is 24.2 Å². The third-order valence-electron chi connectivity index (χ3n) is 11.6. The number of benzene rings is 4. The number of allylic oxidation sites excluding steroid dienone is 2. The molecule has 6 atom stereocenters. The molecule has 4 aromatic rings. The number of amides is 4. The molecule has 4 aliphatic rings. The maximum Gasteiger partial charge on any atom is 0.488 e. The number of hydrogen-bond acceptors (Lipinski definition) is 10. The van der Waals surface area contributed by atoms with Crippen LogP contribution in [-0.2, 0) is 24.6 Å². The Balaban J connectivity index is 1.35. The number of halogens is 3. The zero-order valence-electron chi connectivity index (χ0n) is 29.8. The fourth-order valence-corrected chi connectivity index (χ4v) is 10.1. The van der Waals surface area contributed by atoms with Gasteiger partial charge < -0.3 is 24.6 Å². The SMILES string of the molecule is COc1ccc([C@@]23C(=O)N(Nc4ccc(Cl)cc4Cl)C(=O)[C@@H]2C[C@@H]2C(=CC[C@@H]4C(=O)N(c5cccc(B(O)O)c5)C(=O)[C@@H]42)[C@@H]3c2cc(Br)cc(OC)c2O)cc1. The molecule has 56 heavy (non-hydrogen) atoms. The highest BCUT2D eigenvalue weighted by molar-refractivity contribution is 9.10. The van der Waals surface area contributed by atoms with Crippen LogP contribution >= 0.6 is 39.1 Å². The number of imide groups is 2. The minimum absolute atomic E-state index is 0.0131. The van der Waals surface area contributed by atoms with Crippen molar-refractivity contribution < 1.29 is 43.8 Å². The molecule has 0 aromatic heterocycles. The number of ether oxygens (including phenoxy) is 2. The van der Waals surface area contributed by atoms with Crippen molar-refractivity contribution in [3.63, 3.8) is 0 Å². The Morgan fingerprint density at radius 2 is 1.64 bits per heavy atom. The smallest absolute Gasteiger partial charge is 0.488 e. The standard InChI is InChI=1S/C40H33BBrCl2N3O9/c1-55-24-9-6-19(7-10-24)40-29(37(50)47(39(40)52)45-31-13-8-22(43)17-30(31)44)18-27-25(34(40)28-15-21(42)16-32(56-2)35(28)48)11-12-26-33(27)38(51)46(36(26)49)23-5-3-4-20(14-23)41(53)54/h3-11,13-17,26-27,29,33-34,45,48,53-54H,12,18H2,1-2H3/t26-,27+,29-,33-,34+,40+/m0/s1. The molecule has 0 spiro atoms. The second-order valence-electron chi connectivity index (χ2n) is 14.2. The largest absolute Gasteiger partial charge is 0.504 e. The van der Waals surface area contributed by atoms with E-state index in [0.29, 0.717) is 26.4 Å². The number of anilines is 2. The Morgan fingerprint density at radius 1 is 0.893 bits per heavy atom. The number of carbonyl (C=O) groups excluding carboxylic acids is 4. The summed E-state index contributed by atoms with van der Waals surface area (Å²) in [7, 11) is 1.08. The zero-order chi connectivity index (χ0) is 39.8. The van der Waals surface area contributed by atoms with E-state index in [1.807, 2.05) is 6.08 Å². The van der Waals surface area contributed by atoms with Gasteiger partial charge >= 0.3 is 7.12 Å². The lowest BCUT2D eigenvalue weighted by Crippen LogP contribution is -2.53. The number of phenols is 1. The zero-order valence-corrected chi connectivity index (χ0v) is 32.9. The van der Waals surface area contributed by atoms with Crippen LogP contribution in [-0.4, -0.2) is 65.1 Å². The summed E-state index contributed by atoms with van der Waals surface area (Å²) in [4.78, 5) is 60.4. The summed E-state index contributed by atoms with van der Waals surface area (Å²) in [5.41, 5.74) is 3.06. The number of methoxy groups -OCH3 is 2. The molecule has 2 aliphatic heterocycles. The number of nitrogens with one attached hydrogen (secondary N) is 1. The first-order chi connectivity index (χ1) is 26.8. The van der Waals surface area contributed by atoms with E-state index in [1.54, 1.807) is 54.6 Å². The number of hydrazine groups is 1. The Bertz CT molecular complexity index is 2360. The van der Waals surface area contributed by atoms with E-state index in [2.05, 4.69) is 21.4 Å². The highest BCUT2D eigenvalue weighted by Gasteiger charge is 2.71. The van der Waals surface area contributed by atoms with Gasteiger partial charge in [-0.3, -0.25) is 29.5 Å². The van der Waals surface area contributed by atoms with Gasteiger partial charge in [0, 0.05) is 21.0 Å². The van der Waals surface area contributed by atoms with Crippen LogP contribution in [0, 0.1) is 23.7 Å². The number of aromatic hydroxyl groups is 1. The van der Waals surface area contributed by atoms with Crippen LogP contribution < -0.4 is 25.3 Å². The third-order valence-corrected chi connectivity index (χ3v) is 12.6. The van der Waals surface area contributed by atoms with Crippen LogP contribution in [0.1, 0.15) is 29.9 Å². The van der Waals surface area contributed by atoms with E-state index in [4.69, 9.17) is 32.7 Å². The van der Waals surface area contributed by atoms with Crippen LogP contribution in [0.4, 0.5) is 11.4 Å². The first-order valence-electron chi connectivity index (χ1n) is 17.7. The molecule has 0 bridgehead atoms. The van der Waals surface area contributed by atoms with Crippen LogP contribution in [0.25, 0.3) is 0 Å². The lowest BCUT2D eigenvalue weighted by atomic mass is 9.49. The molecule has 2 saturated heterocycles. The summed E-state index contributed by atoms with van der Waals surface area (Å²) < 4.78 is 11.6. The summed E-state index contributed by atoms with van der Waals surface area (Å²) in [6, 6.07) is 20.6. The molecule has 2 heterocycles. The third kappa shape index (κ3) is 5.72. The first-order valence-corrected chi connectivity index (χ1v) is 19.2. The topological polar surface area (TPSA) is 166 Å². The van der Waals surface area contributed by atoms with Crippen molar-refractivity contribution in [2.75, 3.05) is 24.5 Å². The number of fused-ring (bicyclic) bond motifs is 4. The Labute approximate surface area is 339 Å². The second-order valence-corrected chi connectivity index (χ2v) is 16.0. The van der Waals surface area contributed by atoms with E-state index < -0.39 is 65.8 Å². The molecule has 16 heteroatoms. The Morgan fingerprint density at radius 3 is 2.32 bits per heavy atom. The molecule has 4 N–H and O–H groups in total. The summed E-state index contributed by atoms with van der Waals surface area (Å²) in [6.45, 7) is 0. The molecule has 2 aliphatic carbocycles. The normalized spacial score (nSPS) is 25.4. The fourth-order valence-electron chi connectivity index (χ4n) is 9.24. The Kier molecular flexibility index (Phi) is 9.69. The minimum Gasteiger partial charge on any atom is -0.504 e. The van der Waals surface area contributed by atoms with Gasteiger partial charge in [0.25, 0.3) is 11.8 Å². The van der Waals surface area contributed by atoms with Gasteiger partial charge in [0.2, 0.25) is 11.8 Å². The molecular formula is C40H33BBrCl2N3O9. The Hall–Kier alpha value is -4.86. The predicted molar refractivity (Wildman–Crippen MR) is 212 cm³/mol. The van der Waals surface area contributed by atoms with Gasteiger partial charge in [-0.05, 0) is 84.4 Å². The first kappa shape index (κ1) is 38.0. The van der Waals surface area contributed by atoms with Crippen molar-refractivity contribution in [3.8, 4) is 17.2 Å². The van der Waals surface area contributed by atoms with Crippen molar-refractivity contribution >= 4 is 86.7 Å². The summed E-state index contributed by atoms with van der Waals surface area (Å²) in [5.74, 6) is -6.60. The van der Waals surface area contributed by atoms with E-state index in [9.17, 15) is 24.7 Å². The molecule has 12 nitrogen and oxygen atoms in total. The minimum atomic E-state index is -1.83. The quantitative estimate of drug-likeness (QED) is 0.103. The highest BCUT2D eigenvalue weighted by Crippen LogP contribution is 2.65. The average Bonchev–Trinajstić information content (AvgIpc) is 3.57. The van der Waals surface area contributed by atoms with Crippen molar-refractivity contribution in [1.82, 2.24) is 5.01 Å². The number of phenolic OH excluding ortho intramolecular Hbond substituents is 1. The van der Waals surface area contributed by atoms with E-state index in [-0.39, 0.29) is 51.8 Å². The van der Waals surface area contributed by atoms with Gasteiger partial charge in [0.15, 0.2) is 11.5 Å². The molecule has 4 aromatic carbocycles. The van der Waals surface area contributed by atoms with Gasteiger partial charge in [0.05, 0.1) is 53.8 Å². The van der Waals surface area contributed by atoms with Gasteiger partial charge in [0.1, 0.15) is 5.75 Å². The molecular weight excluding hydrogens is 828 g/mol. The van der Waals surface area contributed by atoms with Gasteiger partial charge in [-0.1, -0.05) is 75.0 Å². The molecule has 0 radical (unpaired) electrons. The number of carbonyl (C=O) groups is 4. The van der Waals surface area contributed by atoms with Gasteiger partial charge in [-0.15, -0.1) is 0 Å². The summed E-state index contributed by atoms with van der Waals surface area (Å²) in [6.07, 6.45) is 1.97. The molecule has 0 unspecified atom stereocenters.